The van der Waals surface area contributed by atoms with E-state index < -0.39 is 46.5 Å². The van der Waals surface area contributed by atoms with E-state index in [9.17, 15) is 31.9 Å². The molecule has 1 unspecified atom stereocenters. The van der Waals surface area contributed by atoms with Gasteiger partial charge in [0, 0.05) is 36.4 Å². The van der Waals surface area contributed by atoms with Gasteiger partial charge in [-0.3, -0.25) is 14.4 Å². The Balaban J connectivity index is 0.000000205. The number of hydrogen-bond acceptors (Lipinski definition) is 5. The number of amides is 1. The SMILES string of the molecule is O=C(O)CCC(C(=O)c1c(F)cccc1F)c1cccnc1Cl.O=C1CCC(c2cccnc2Cl)=C(c2c(F)cccc2F)N1. The Bertz CT molecular complexity index is 1760. The zero-order chi connectivity index (χ0) is 32.7. The van der Waals surface area contributed by atoms with Crippen molar-refractivity contribution in [2.24, 2.45) is 0 Å². The number of carbonyl (C=O) groups excluding carboxylic acids is 2. The van der Waals surface area contributed by atoms with Crippen molar-refractivity contribution in [3.8, 4) is 0 Å². The van der Waals surface area contributed by atoms with E-state index in [0.29, 0.717) is 17.6 Å². The maximum absolute atomic E-state index is 14.1. The van der Waals surface area contributed by atoms with Crippen LogP contribution in [0, 0.1) is 23.3 Å². The lowest BCUT2D eigenvalue weighted by atomic mass is 9.87. The van der Waals surface area contributed by atoms with E-state index in [4.69, 9.17) is 28.3 Å². The molecule has 0 fully saturated rings. The summed E-state index contributed by atoms with van der Waals surface area (Å²) in [6, 6.07) is 13.0. The maximum Gasteiger partial charge on any atom is 0.303 e. The Kier molecular flexibility index (Phi) is 11.0. The molecule has 3 heterocycles. The minimum absolute atomic E-state index is 0.00649. The van der Waals surface area contributed by atoms with E-state index in [2.05, 4.69) is 15.3 Å². The average molecular weight is 660 g/mol. The zero-order valence-corrected chi connectivity index (χ0v) is 24.7. The molecule has 0 saturated carbocycles. The molecule has 7 nitrogen and oxygen atoms in total. The average Bonchev–Trinajstić information content (AvgIpc) is 2.99. The van der Waals surface area contributed by atoms with Crippen molar-refractivity contribution in [2.45, 2.75) is 31.6 Å². The van der Waals surface area contributed by atoms with Gasteiger partial charge in [-0.2, -0.15) is 0 Å². The molecule has 1 aliphatic rings. The number of nitrogens with zero attached hydrogens (tertiary/aromatic N) is 2. The molecule has 1 atom stereocenters. The lowest BCUT2D eigenvalue weighted by Crippen LogP contribution is -2.27. The first-order valence-corrected chi connectivity index (χ1v) is 14.1. The topological polar surface area (TPSA) is 109 Å². The second-order valence-corrected chi connectivity index (χ2v) is 10.4. The van der Waals surface area contributed by atoms with E-state index in [-0.39, 0.29) is 52.3 Å². The summed E-state index contributed by atoms with van der Waals surface area (Å²) in [5.74, 6) is -6.87. The number of ketones is 1. The number of carbonyl (C=O) groups is 3. The number of benzene rings is 2. The number of nitrogens with one attached hydrogen (secondary N) is 1. The normalized spacial score (nSPS) is 13.4. The third-order valence-corrected chi connectivity index (χ3v) is 7.42. The van der Waals surface area contributed by atoms with Crippen LogP contribution >= 0.6 is 23.2 Å². The molecule has 13 heteroatoms. The third kappa shape index (κ3) is 7.92. The largest absolute Gasteiger partial charge is 0.481 e. The highest BCUT2D eigenvalue weighted by Crippen LogP contribution is 2.36. The predicted molar refractivity (Wildman–Crippen MR) is 159 cm³/mol. The number of hydrogen-bond donors (Lipinski definition) is 2. The van der Waals surface area contributed by atoms with Crippen LogP contribution in [0.25, 0.3) is 11.3 Å². The monoisotopic (exact) mass is 659 g/mol. The minimum Gasteiger partial charge on any atom is -0.481 e. The van der Waals surface area contributed by atoms with Crippen LogP contribution in [0.1, 0.15) is 58.6 Å². The standard InChI is InChI=1S/C16H11ClF2N2O.C16H12ClF2NO3/c17-16-10(3-2-8-20-16)9-6-7-13(22)21-15(9)14-11(18)4-1-5-12(14)19;17-16-10(3-2-8-20-16)9(6-7-13(21)22)15(23)14-11(18)4-1-5-12(14)19/h1-5,8H,6-7H2,(H,21,22);1-5,8-9H,6-7H2,(H,21,22). The van der Waals surface area contributed by atoms with Crippen LogP contribution in [0.15, 0.2) is 73.1 Å². The van der Waals surface area contributed by atoms with Gasteiger partial charge in [-0.1, -0.05) is 47.5 Å². The van der Waals surface area contributed by atoms with E-state index in [1.165, 1.54) is 30.6 Å². The van der Waals surface area contributed by atoms with Crippen molar-refractivity contribution in [1.82, 2.24) is 15.3 Å². The van der Waals surface area contributed by atoms with Gasteiger partial charge in [0.2, 0.25) is 5.91 Å². The van der Waals surface area contributed by atoms with Crippen LogP contribution in [0.2, 0.25) is 10.3 Å². The lowest BCUT2D eigenvalue weighted by molar-refractivity contribution is -0.137. The van der Waals surface area contributed by atoms with Gasteiger partial charge < -0.3 is 10.4 Å². The minimum atomic E-state index is -1.13. The summed E-state index contributed by atoms with van der Waals surface area (Å²) in [7, 11) is 0. The number of halogens is 6. The van der Waals surface area contributed by atoms with Crippen molar-refractivity contribution < 1.29 is 37.1 Å². The number of carboxylic acids is 1. The number of aromatic nitrogens is 2. The molecule has 4 aromatic rings. The number of carboxylic acid groups (broad SMARTS) is 1. The quantitative estimate of drug-likeness (QED) is 0.114. The Hall–Kier alpha value is -4.61. The molecule has 2 aromatic heterocycles. The van der Waals surface area contributed by atoms with Gasteiger partial charge in [-0.25, -0.2) is 27.5 Å². The number of allylic oxidation sites excluding steroid dienone is 1. The smallest absolute Gasteiger partial charge is 0.303 e. The molecule has 5 rings (SSSR count). The molecule has 0 spiro atoms. The summed E-state index contributed by atoms with van der Waals surface area (Å²) in [5, 5.41) is 11.6. The Morgan fingerprint density at radius 3 is 1.98 bits per heavy atom. The third-order valence-electron chi connectivity index (χ3n) is 6.80. The van der Waals surface area contributed by atoms with Crippen molar-refractivity contribution in [3.05, 3.63) is 129 Å². The molecule has 0 bridgehead atoms. The van der Waals surface area contributed by atoms with E-state index >= 15 is 0 Å². The molecule has 0 radical (unpaired) electrons. The first-order valence-electron chi connectivity index (χ1n) is 13.4. The molecule has 2 N–H and O–H groups in total. The fourth-order valence-electron chi connectivity index (χ4n) is 4.73. The summed E-state index contributed by atoms with van der Waals surface area (Å²) in [4.78, 5) is 42.9. The van der Waals surface area contributed by atoms with Crippen molar-refractivity contribution in [1.29, 1.82) is 0 Å². The number of rotatable bonds is 8. The highest BCUT2D eigenvalue weighted by Gasteiger charge is 2.30. The fourth-order valence-corrected chi connectivity index (χ4v) is 5.22. The second-order valence-electron chi connectivity index (χ2n) is 9.67. The highest BCUT2D eigenvalue weighted by molar-refractivity contribution is 6.31. The first kappa shape index (κ1) is 33.3. The summed E-state index contributed by atoms with van der Waals surface area (Å²) < 4.78 is 55.9. The first-order chi connectivity index (χ1) is 21.5. The van der Waals surface area contributed by atoms with Crippen LogP contribution in [0.3, 0.4) is 0 Å². The van der Waals surface area contributed by atoms with Gasteiger partial charge in [0.1, 0.15) is 33.6 Å². The van der Waals surface area contributed by atoms with E-state index in [0.717, 1.165) is 30.3 Å². The molecular formula is C32H23Cl2F4N3O4. The molecule has 45 heavy (non-hydrogen) atoms. The second kappa shape index (κ2) is 14.9. The van der Waals surface area contributed by atoms with Gasteiger partial charge in [0.15, 0.2) is 5.78 Å². The summed E-state index contributed by atoms with van der Waals surface area (Å²) >= 11 is 12.0. The van der Waals surface area contributed by atoms with Gasteiger partial charge in [0.25, 0.3) is 0 Å². The van der Waals surface area contributed by atoms with Crippen molar-refractivity contribution in [2.75, 3.05) is 0 Å². The Morgan fingerprint density at radius 1 is 0.822 bits per heavy atom. The Labute approximate surface area is 264 Å². The number of aliphatic carboxylic acids is 1. The summed E-state index contributed by atoms with van der Waals surface area (Å²) in [5.41, 5.74) is 0.515. The van der Waals surface area contributed by atoms with Gasteiger partial charge >= 0.3 is 5.97 Å². The molecule has 0 saturated heterocycles. The van der Waals surface area contributed by atoms with Gasteiger partial charge in [-0.05, 0) is 54.8 Å². The van der Waals surface area contributed by atoms with E-state index in [1.807, 2.05) is 0 Å². The summed E-state index contributed by atoms with van der Waals surface area (Å²) in [6.07, 6.45) is 2.98. The van der Waals surface area contributed by atoms with Gasteiger partial charge in [0.05, 0.1) is 22.7 Å². The predicted octanol–water partition coefficient (Wildman–Crippen LogP) is 7.64. The van der Waals surface area contributed by atoms with Crippen LogP contribution in [-0.4, -0.2) is 32.7 Å². The maximum atomic E-state index is 14.1. The molecule has 2 aromatic carbocycles. The Morgan fingerprint density at radius 2 is 1.40 bits per heavy atom. The van der Waals surface area contributed by atoms with Crippen LogP contribution in [0.5, 0.6) is 0 Å². The van der Waals surface area contributed by atoms with Crippen LogP contribution in [0.4, 0.5) is 17.6 Å². The molecule has 1 amide bonds. The molecular weight excluding hydrogens is 637 g/mol. The molecule has 0 aliphatic carbocycles. The number of Topliss-reactive ketones (excluding diaryl/α,β-unsaturated/α-hetero) is 1. The molecule has 1 aliphatic heterocycles. The highest BCUT2D eigenvalue weighted by atomic mass is 35.5. The van der Waals surface area contributed by atoms with Gasteiger partial charge in [-0.15, -0.1) is 0 Å². The fraction of sp³-hybridized carbons (Fsp3) is 0.156. The van der Waals surface area contributed by atoms with Crippen LogP contribution < -0.4 is 5.32 Å². The number of pyridine rings is 2. The van der Waals surface area contributed by atoms with Crippen molar-refractivity contribution in [3.63, 3.8) is 0 Å². The zero-order valence-electron chi connectivity index (χ0n) is 23.2. The molecule has 232 valence electrons. The lowest BCUT2D eigenvalue weighted by Gasteiger charge is -2.22. The summed E-state index contributed by atoms with van der Waals surface area (Å²) in [6.45, 7) is 0. The van der Waals surface area contributed by atoms with Crippen LogP contribution in [-0.2, 0) is 9.59 Å². The van der Waals surface area contributed by atoms with E-state index in [1.54, 1.807) is 12.1 Å². The van der Waals surface area contributed by atoms with Crippen molar-refractivity contribution >= 4 is 52.1 Å².